The molecule has 10 heteroatoms. The Kier molecular flexibility index (Phi) is 9.04. The van der Waals surface area contributed by atoms with Crippen molar-refractivity contribution >= 4 is 39.8 Å². The number of likely N-dealkylation sites (N-methyl/N-ethyl adjacent to an activating group) is 2. The van der Waals surface area contributed by atoms with E-state index in [1.165, 1.54) is 22.5 Å². The maximum Gasteiger partial charge on any atom is 0.247 e. The van der Waals surface area contributed by atoms with Gasteiger partial charge in [0.2, 0.25) is 11.9 Å². The molecule has 5 aromatic rings. The second-order valence-corrected chi connectivity index (χ2v) is 12.7. The van der Waals surface area contributed by atoms with Crippen molar-refractivity contribution in [1.82, 2.24) is 24.0 Å². The Bertz CT molecular complexity index is 1940. The third kappa shape index (κ3) is 6.46. The summed E-state index contributed by atoms with van der Waals surface area (Å²) in [6.45, 7) is 10.6. The Labute approximate surface area is 276 Å². The van der Waals surface area contributed by atoms with E-state index in [1.54, 1.807) is 7.11 Å². The van der Waals surface area contributed by atoms with Crippen LogP contribution in [0.5, 0.6) is 5.75 Å². The van der Waals surface area contributed by atoms with Crippen LogP contribution in [0.1, 0.15) is 31.9 Å². The summed E-state index contributed by atoms with van der Waals surface area (Å²) in [5, 5.41) is 7.57. The summed E-state index contributed by atoms with van der Waals surface area (Å²) in [5.74, 6) is 0.725. The average Bonchev–Trinajstić information content (AvgIpc) is 3.71. The number of nitrogens with one attached hydrogen (secondary N) is 2. The van der Waals surface area contributed by atoms with Crippen LogP contribution in [0, 0.1) is 0 Å². The van der Waals surface area contributed by atoms with Gasteiger partial charge in [-0.15, -0.1) is 0 Å². The lowest BCUT2D eigenvalue weighted by Gasteiger charge is -2.26. The summed E-state index contributed by atoms with van der Waals surface area (Å²) < 4.78 is 10.4. The Morgan fingerprint density at radius 1 is 1.11 bits per heavy atom. The first-order chi connectivity index (χ1) is 22.7. The highest BCUT2D eigenvalue weighted by molar-refractivity contribution is 6.03. The fourth-order valence-corrected chi connectivity index (χ4v) is 6.22. The standard InChI is InChI=1S/C37H44N8O2/c1-8-34(46)39-30-19-31(33(47-7)20-32(30)43(6)18-17-42(4)5)40-37-38-21-28(26-14-16-44(22-26)24(2)3)35(41-37)29-23-45-15-10-12-25-11-9-13-27(29)36(25)45/h8-9,11,13-14,16,19-24H,1,10,12,15,17-18H2,2-7H3,(H,39,46)(H,38,40,41). The number of hydrogen-bond acceptors (Lipinski definition) is 7. The molecular formula is C37H44N8O2. The first kappa shape index (κ1) is 31.9. The summed E-state index contributed by atoms with van der Waals surface area (Å²) in [6, 6.07) is 12.8. The van der Waals surface area contributed by atoms with Gasteiger partial charge in [-0.05, 0) is 64.6 Å². The number of rotatable bonds is 12. The fourth-order valence-electron chi connectivity index (χ4n) is 6.22. The molecule has 0 radical (unpaired) electrons. The van der Waals surface area contributed by atoms with Crippen molar-refractivity contribution in [2.24, 2.45) is 0 Å². The van der Waals surface area contributed by atoms with E-state index in [2.05, 4.69) is 92.9 Å². The molecule has 0 saturated carbocycles. The van der Waals surface area contributed by atoms with E-state index >= 15 is 0 Å². The number of benzene rings is 2. The predicted molar refractivity (Wildman–Crippen MR) is 192 cm³/mol. The lowest BCUT2D eigenvalue weighted by atomic mass is 9.99. The van der Waals surface area contributed by atoms with Crippen LogP contribution in [0.3, 0.4) is 0 Å². The third-order valence-corrected chi connectivity index (χ3v) is 8.79. The van der Waals surface area contributed by atoms with Crippen LogP contribution >= 0.6 is 0 Å². The molecule has 0 saturated heterocycles. The number of nitrogens with zero attached hydrogens (tertiary/aromatic N) is 6. The lowest BCUT2D eigenvalue weighted by Crippen LogP contribution is -2.29. The van der Waals surface area contributed by atoms with E-state index < -0.39 is 0 Å². The van der Waals surface area contributed by atoms with E-state index in [4.69, 9.17) is 14.7 Å². The van der Waals surface area contributed by atoms with Gasteiger partial charge in [0.1, 0.15) is 5.75 Å². The summed E-state index contributed by atoms with van der Waals surface area (Å²) in [5.41, 5.74) is 8.68. The lowest BCUT2D eigenvalue weighted by molar-refractivity contribution is -0.111. The van der Waals surface area contributed by atoms with Crippen LogP contribution in [0.2, 0.25) is 0 Å². The highest BCUT2D eigenvalue weighted by Gasteiger charge is 2.22. The molecule has 6 rings (SSSR count). The average molecular weight is 633 g/mol. The van der Waals surface area contributed by atoms with E-state index in [0.29, 0.717) is 29.1 Å². The topological polar surface area (TPSA) is 92.5 Å². The number of ether oxygens (including phenoxy) is 1. The minimum atomic E-state index is -0.298. The van der Waals surface area contributed by atoms with Crippen LogP contribution in [-0.2, 0) is 17.8 Å². The molecule has 0 atom stereocenters. The van der Waals surface area contributed by atoms with Crippen LogP contribution in [0.15, 0.2) is 73.8 Å². The second kappa shape index (κ2) is 13.3. The highest BCUT2D eigenvalue weighted by Crippen LogP contribution is 2.41. The van der Waals surface area contributed by atoms with Gasteiger partial charge in [0.05, 0.1) is 35.4 Å². The van der Waals surface area contributed by atoms with Crippen molar-refractivity contribution in [2.45, 2.75) is 39.3 Å². The third-order valence-electron chi connectivity index (χ3n) is 8.79. The zero-order valence-corrected chi connectivity index (χ0v) is 28.2. The number of hydrogen-bond donors (Lipinski definition) is 2. The van der Waals surface area contributed by atoms with E-state index in [-0.39, 0.29) is 5.91 Å². The molecule has 0 spiro atoms. The number of para-hydroxylation sites is 1. The SMILES string of the molecule is C=CC(=O)Nc1cc(Nc2ncc(-c3ccn(C(C)C)c3)c(-c3cn4c5c(cccc35)CCC4)n2)c(OC)cc1N(C)CCN(C)C. The van der Waals surface area contributed by atoms with Gasteiger partial charge in [-0.3, -0.25) is 4.79 Å². The number of amides is 1. The zero-order valence-electron chi connectivity index (χ0n) is 28.2. The van der Waals surface area contributed by atoms with Crippen molar-refractivity contribution < 1.29 is 9.53 Å². The van der Waals surface area contributed by atoms with Gasteiger partial charge in [-0.1, -0.05) is 24.8 Å². The molecule has 1 amide bonds. The second-order valence-electron chi connectivity index (χ2n) is 12.7. The van der Waals surface area contributed by atoms with Crippen LogP contribution in [0.4, 0.5) is 23.0 Å². The number of aromatic nitrogens is 4. The molecule has 4 heterocycles. The van der Waals surface area contributed by atoms with Crippen LogP contribution in [0.25, 0.3) is 33.3 Å². The van der Waals surface area contributed by atoms with Crippen molar-refractivity contribution in [3.63, 3.8) is 0 Å². The molecule has 0 bridgehead atoms. The van der Waals surface area contributed by atoms with Gasteiger partial charge in [0.25, 0.3) is 0 Å². The van der Waals surface area contributed by atoms with Crippen molar-refractivity contribution in [1.29, 1.82) is 0 Å². The van der Waals surface area contributed by atoms with Gasteiger partial charge >= 0.3 is 0 Å². The zero-order chi connectivity index (χ0) is 33.2. The molecule has 10 nitrogen and oxygen atoms in total. The molecular weight excluding hydrogens is 588 g/mol. The summed E-state index contributed by atoms with van der Waals surface area (Å²) in [4.78, 5) is 26.7. The number of anilines is 4. The van der Waals surface area contributed by atoms with E-state index in [1.807, 2.05) is 39.5 Å². The Balaban J connectivity index is 1.46. The number of aryl methyl sites for hydroxylation is 2. The van der Waals surface area contributed by atoms with Crippen molar-refractivity contribution in [2.75, 3.05) is 56.9 Å². The van der Waals surface area contributed by atoms with E-state index in [0.717, 1.165) is 60.5 Å². The number of methoxy groups -OCH3 is 1. The van der Waals surface area contributed by atoms with Crippen LogP contribution in [-0.4, -0.2) is 71.3 Å². The first-order valence-electron chi connectivity index (χ1n) is 16.1. The van der Waals surface area contributed by atoms with Gasteiger partial charge in [0, 0.05) is 85.7 Å². The van der Waals surface area contributed by atoms with E-state index in [9.17, 15) is 4.79 Å². The maximum atomic E-state index is 12.5. The summed E-state index contributed by atoms with van der Waals surface area (Å²) in [7, 11) is 7.69. The molecule has 1 aliphatic rings. The molecule has 2 aromatic carbocycles. The molecule has 244 valence electrons. The Hall–Kier alpha value is -5.09. The van der Waals surface area contributed by atoms with Crippen LogP contribution < -0.4 is 20.3 Å². The molecule has 0 fully saturated rings. The fraction of sp³-hybridized carbons (Fsp3) is 0.324. The molecule has 3 aromatic heterocycles. The van der Waals surface area contributed by atoms with Gasteiger partial charge in [-0.25, -0.2) is 9.97 Å². The van der Waals surface area contributed by atoms with Crippen molar-refractivity contribution in [3.05, 3.63) is 79.4 Å². The van der Waals surface area contributed by atoms with Gasteiger partial charge < -0.3 is 34.3 Å². The quantitative estimate of drug-likeness (QED) is 0.144. The molecule has 1 aliphatic heterocycles. The molecule has 2 N–H and O–H groups in total. The molecule has 0 aliphatic carbocycles. The maximum absolute atomic E-state index is 12.5. The Morgan fingerprint density at radius 3 is 2.66 bits per heavy atom. The monoisotopic (exact) mass is 632 g/mol. The van der Waals surface area contributed by atoms with Gasteiger partial charge in [0.15, 0.2) is 0 Å². The normalized spacial score (nSPS) is 12.5. The number of carbonyl (C=O) groups excluding carboxylic acids is 1. The summed E-state index contributed by atoms with van der Waals surface area (Å²) in [6.07, 6.45) is 11.9. The first-order valence-corrected chi connectivity index (χ1v) is 16.1. The minimum Gasteiger partial charge on any atom is -0.494 e. The molecule has 47 heavy (non-hydrogen) atoms. The minimum absolute atomic E-state index is 0.298. The Morgan fingerprint density at radius 2 is 1.94 bits per heavy atom. The van der Waals surface area contributed by atoms with Crippen molar-refractivity contribution in [3.8, 4) is 28.1 Å². The highest BCUT2D eigenvalue weighted by atomic mass is 16.5. The smallest absolute Gasteiger partial charge is 0.247 e. The number of carbonyl (C=O) groups is 1. The predicted octanol–water partition coefficient (Wildman–Crippen LogP) is 6.97. The van der Waals surface area contributed by atoms with Gasteiger partial charge in [-0.2, -0.15) is 0 Å². The summed E-state index contributed by atoms with van der Waals surface area (Å²) >= 11 is 0. The molecule has 0 unspecified atom stereocenters. The largest absolute Gasteiger partial charge is 0.494 e.